The van der Waals surface area contributed by atoms with Crippen molar-refractivity contribution >= 4 is 33.7 Å². The van der Waals surface area contributed by atoms with Crippen molar-refractivity contribution in [3.8, 4) is 0 Å². The molecular formula is C26H34N6O6. The number of hydrogen-bond acceptors (Lipinski definition) is 8. The second-order valence-corrected chi connectivity index (χ2v) is 10.5. The summed E-state index contributed by atoms with van der Waals surface area (Å²) in [5.41, 5.74) is -2.00. The summed E-state index contributed by atoms with van der Waals surface area (Å²) in [7, 11) is 0. The molecule has 0 fully saturated rings. The number of benzene rings is 2. The maximum absolute atomic E-state index is 13.4. The summed E-state index contributed by atoms with van der Waals surface area (Å²) in [5, 5.41) is 12.0. The quantitative estimate of drug-likeness (QED) is 0.281. The molecule has 3 aromatic rings. The molecule has 12 heteroatoms. The number of hydrogen-bond donors (Lipinski definition) is 4. The van der Waals surface area contributed by atoms with E-state index >= 15 is 0 Å². The lowest BCUT2D eigenvalue weighted by Gasteiger charge is -2.19. The molecule has 0 bridgehead atoms. The van der Waals surface area contributed by atoms with Crippen LogP contribution >= 0.6 is 0 Å². The summed E-state index contributed by atoms with van der Waals surface area (Å²) >= 11 is 0. The molecule has 3 rings (SSSR count). The molecule has 0 saturated heterocycles. The Kier molecular flexibility index (Phi) is 8.54. The monoisotopic (exact) mass is 526 g/mol. The van der Waals surface area contributed by atoms with E-state index in [9.17, 15) is 19.2 Å². The fraction of sp³-hybridized carbons (Fsp3) is 0.462. The summed E-state index contributed by atoms with van der Waals surface area (Å²) in [6, 6.07) is 3.22. The van der Waals surface area contributed by atoms with Crippen LogP contribution in [0.15, 0.2) is 44.1 Å². The maximum Gasteiger partial charge on any atom is 0.407 e. The van der Waals surface area contributed by atoms with Crippen molar-refractivity contribution in [2.75, 3.05) is 26.2 Å². The third kappa shape index (κ3) is 7.40. The highest BCUT2D eigenvalue weighted by Gasteiger charge is 2.17. The van der Waals surface area contributed by atoms with Crippen molar-refractivity contribution in [3.05, 3.63) is 55.7 Å². The zero-order valence-electron chi connectivity index (χ0n) is 22.5. The van der Waals surface area contributed by atoms with Gasteiger partial charge in [0.25, 0.3) is 0 Å². The lowest BCUT2D eigenvalue weighted by Crippen LogP contribution is -2.34. The lowest BCUT2D eigenvalue weighted by atomic mass is 10.0. The van der Waals surface area contributed by atoms with Crippen LogP contribution in [0.2, 0.25) is 0 Å². The number of amides is 2. The fourth-order valence-electron chi connectivity index (χ4n) is 3.63. The minimum Gasteiger partial charge on any atom is -0.444 e. The second kappa shape index (κ2) is 11.4. The molecule has 0 spiro atoms. The summed E-state index contributed by atoms with van der Waals surface area (Å²) < 4.78 is 10.4. The van der Waals surface area contributed by atoms with Gasteiger partial charge in [0.05, 0.1) is 45.3 Å². The summed E-state index contributed by atoms with van der Waals surface area (Å²) in [4.78, 5) is 59.6. The van der Waals surface area contributed by atoms with E-state index in [1.54, 1.807) is 53.7 Å². The SMILES string of the molecule is CC(C)(C)OC(=O)NCCN=c1ccc(=NCCNC(=O)OC(C)(C)C)c2c(=O)c3c[nH][nH]cc3c(=O)c12. The molecule has 2 aromatic carbocycles. The van der Waals surface area contributed by atoms with E-state index in [0.717, 1.165) is 0 Å². The van der Waals surface area contributed by atoms with Gasteiger partial charge >= 0.3 is 12.2 Å². The Labute approximate surface area is 218 Å². The van der Waals surface area contributed by atoms with E-state index in [1.807, 2.05) is 0 Å². The second-order valence-electron chi connectivity index (χ2n) is 10.5. The van der Waals surface area contributed by atoms with Gasteiger partial charge in [0, 0.05) is 25.5 Å². The molecule has 0 atom stereocenters. The fourth-order valence-corrected chi connectivity index (χ4v) is 3.63. The molecule has 0 aliphatic rings. The number of aromatic nitrogens is 2. The minimum absolute atomic E-state index is 0.140. The molecule has 204 valence electrons. The van der Waals surface area contributed by atoms with Crippen LogP contribution in [0.5, 0.6) is 0 Å². The standard InChI is InChI=1S/C26H34N6O6/c1-25(2,3)37-23(35)29-11-9-27-17-7-8-18(28-10-12-30-24(36)38-26(4,5)6)20-19(17)21(33)15-13-31-32-14-16(15)22(20)34/h7-8,13-14,31-32H,9-12H2,1-6H3,(H,29,35)(H,30,36). The van der Waals surface area contributed by atoms with Crippen LogP contribution in [0, 0.1) is 0 Å². The lowest BCUT2D eigenvalue weighted by molar-refractivity contribution is 0.0518. The highest BCUT2D eigenvalue weighted by Crippen LogP contribution is 2.08. The molecule has 2 amide bonds. The van der Waals surface area contributed by atoms with Crippen LogP contribution in [0.4, 0.5) is 9.59 Å². The van der Waals surface area contributed by atoms with Gasteiger partial charge in [0.2, 0.25) is 0 Å². The molecule has 0 radical (unpaired) electrons. The number of carbonyl (C=O) groups is 2. The van der Waals surface area contributed by atoms with Crippen molar-refractivity contribution in [3.63, 3.8) is 0 Å². The van der Waals surface area contributed by atoms with Crippen LogP contribution < -0.4 is 32.2 Å². The summed E-state index contributed by atoms with van der Waals surface area (Å²) in [6.45, 7) is 11.2. The molecule has 0 aliphatic heterocycles. The predicted octanol–water partition coefficient (Wildman–Crippen LogP) is 1.66. The topological polar surface area (TPSA) is 167 Å². The van der Waals surface area contributed by atoms with E-state index in [0.29, 0.717) is 10.7 Å². The van der Waals surface area contributed by atoms with Gasteiger partial charge in [-0.15, -0.1) is 0 Å². The maximum atomic E-state index is 13.4. The van der Waals surface area contributed by atoms with E-state index in [2.05, 4.69) is 30.8 Å². The Bertz CT molecular complexity index is 1460. The molecule has 0 unspecified atom stereocenters. The molecule has 38 heavy (non-hydrogen) atoms. The van der Waals surface area contributed by atoms with Crippen LogP contribution in [0.1, 0.15) is 41.5 Å². The Morgan fingerprint density at radius 1 is 0.737 bits per heavy atom. The van der Waals surface area contributed by atoms with Gasteiger partial charge in [-0.2, -0.15) is 0 Å². The molecule has 4 N–H and O–H groups in total. The molecule has 0 aliphatic carbocycles. The Hall–Kier alpha value is -4.22. The van der Waals surface area contributed by atoms with Gasteiger partial charge in [-0.05, 0) is 53.7 Å². The number of alkyl carbamates (subject to hydrolysis) is 2. The summed E-state index contributed by atoms with van der Waals surface area (Å²) in [5.74, 6) is 0. The van der Waals surface area contributed by atoms with Crippen LogP contribution in [0.3, 0.4) is 0 Å². The smallest absolute Gasteiger partial charge is 0.407 e. The van der Waals surface area contributed by atoms with E-state index in [-0.39, 0.29) is 58.6 Å². The average molecular weight is 527 g/mol. The third-order valence-corrected chi connectivity index (χ3v) is 5.04. The molecule has 12 nitrogen and oxygen atoms in total. The van der Waals surface area contributed by atoms with Crippen molar-refractivity contribution in [1.82, 2.24) is 20.8 Å². The normalized spacial score (nSPS) is 13.1. The number of carbonyl (C=O) groups excluding carboxylic acids is 2. The number of nitrogens with one attached hydrogen (secondary N) is 4. The van der Waals surface area contributed by atoms with Gasteiger partial charge in [0.1, 0.15) is 11.2 Å². The Morgan fingerprint density at radius 2 is 1.11 bits per heavy atom. The van der Waals surface area contributed by atoms with Gasteiger partial charge in [-0.3, -0.25) is 19.6 Å². The van der Waals surface area contributed by atoms with Crippen LogP contribution in [-0.4, -0.2) is 59.8 Å². The molecular weight excluding hydrogens is 492 g/mol. The zero-order chi connectivity index (χ0) is 28.1. The van der Waals surface area contributed by atoms with Gasteiger partial charge < -0.3 is 30.3 Å². The first-order valence-corrected chi connectivity index (χ1v) is 12.2. The number of ether oxygens (including phenoxy) is 2. The highest BCUT2D eigenvalue weighted by atomic mass is 16.6. The molecule has 1 aromatic heterocycles. The number of rotatable bonds is 6. The number of H-pyrrole nitrogens is 2. The first-order valence-electron chi connectivity index (χ1n) is 12.2. The van der Waals surface area contributed by atoms with Crippen molar-refractivity contribution < 1.29 is 19.1 Å². The Morgan fingerprint density at radius 3 is 1.45 bits per heavy atom. The minimum atomic E-state index is -0.628. The molecule has 0 saturated carbocycles. The van der Waals surface area contributed by atoms with Crippen molar-refractivity contribution in [2.24, 2.45) is 9.98 Å². The average Bonchev–Trinajstić information content (AvgIpc) is 2.81. The first-order chi connectivity index (χ1) is 17.8. The first kappa shape index (κ1) is 28.4. The van der Waals surface area contributed by atoms with Crippen LogP contribution in [0.25, 0.3) is 21.5 Å². The van der Waals surface area contributed by atoms with Crippen molar-refractivity contribution in [2.45, 2.75) is 52.7 Å². The van der Waals surface area contributed by atoms with Gasteiger partial charge in [0.15, 0.2) is 10.9 Å². The molecule has 1 heterocycles. The van der Waals surface area contributed by atoms with Gasteiger partial charge in [-0.25, -0.2) is 9.59 Å². The van der Waals surface area contributed by atoms with E-state index in [4.69, 9.17) is 9.47 Å². The Balaban J connectivity index is 1.96. The van der Waals surface area contributed by atoms with E-state index in [1.165, 1.54) is 12.4 Å². The predicted molar refractivity (Wildman–Crippen MR) is 143 cm³/mol. The van der Waals surface area contributed by atoms with Crippen LogP contribution in [-0.2, 0) is 9.47 Å². The summed E-state index contributed by atoms with van der Waals surface area (Å²) in [6.07, 6.45) is 1.72. The van der Waals surface area contributed by atoms with Gasteiger partial charge in [-0.1, -0.05) is 0 Å². The highest BCUT2D eigenvalue weighted by molar-refractivity contribution is 5.96. The number of nitrogens with zero attached hydrogens (tertiary/aromatic N) is 2. The number of fused-ring (bicyclic) bond motifs is 2. The van der Waals surface area contributed by atoms with E-state index < -0.39 is 23.4 Å². The van der Waals surface area contributed by atoms with Crippen molar-refractivity contribution in [1.29, 1.82) is 0 Å². The largest absolute Gasteiger partial charge is 0.444 e. The number of aromatic amines is 2. The zero-order valence-corrected chi connectivity index (χ0v) is 22.5. The third-order valence-electron chi connectivity index (χ3n) is 5.04.